The Labute approximate surface area is 195 Å². The first kappa shape index (κ1) is 20.7. The highest BCUT2D eigenvalue weighted by Gasteiger charge is 2.29. The van der Waals surface area contributed by atoms with Crippen LogP contribution in [0.5, 0.6) is 0 Å². The number of halogens is 1. The number of hydrogen-bond acceptors (Lipinski definition) is 4. The zero-order valence-electron chi connectivity index (χ0n) is 17.6. The maximum absolute atomic E-state index is 13.8. The van der Waals surface area contributed by atoms with Crippen LogP contribution >= 0.6 is 15.9 Å². The molecule has 0 saturated heterocycles. The lowest BCUT2D eigenvalue weighted by Crippen LogP contribution is -2.31. The van der Waals surface area contributed by atoms with Crippen molar-refractivity contribution in [2.24, 2.45) is 0 Å². The standard InChI is InChI=1S/C25H23BrN4O2/c26-19-7-3-8-20(14-19)30-23-11-2-1-10-22(23)24(28-30)25(31)29(17-21-9-5-13-32-21)16-18-6-4-12-27-15-18/h3-9,12-15H,1-2,10-11,16-17H2. The Morgan fingerprint density at radius 1 is 1.09 bits per heavy atom. The van der Waals surface area contributed by atoms with E-state index in [0.717, 1.165) is 58.4 Å². The van der Waals surface area contributed by atoms with Crippen LogP contribution in [0.2, 0.25) is 0 Å². The first-order valence-corrected chi connectivity index (χ1v) is 11.6. The van der Waals surface area contributed by atoms with Crippen LogP contribution in [0.15, 0.2) is 76.1 Å². The van der Waals surface area contributed by atoms with E-state index in [0.29, 0.717) is 18.8 Å². The van der Waals surface area contributed by atoms with Crippen molar-refractivity contribution in [3.05, 3.63) is 99.9 Å². The molecule has 7 heteroatoms. The van der Waals surface area contributed by atoms with E-state index in [1.807, 2.05) is 53.2 Å². The summed E-state index contributed by atoms with van der Waals surface area (Å²) >= 11 is 3.55. The maximum Gasteiger partial charge on any atom is 0.275 e. The molecule has 3 heterocycles. The summed E-state index contributed by atoms with van der Waals surface area (Å²) in [5, 5.41) is 4.85. The van der Waals surface area contributed by atoms with Crippen molar-refractivity contribution in [2.75, 3.05) is 0 Å². The summed E-state index contributed by atoms with van der Waals surface area (Å²) in [5.74, 6) is 0.652. The van der Waals surface area contributed by atoms with Gasteiger partial charge in [0.15, 0.2) is 5.69 Å². The predicted molar refractivity (Wildman–Crippen MR) is 124 cm³/mol. The van der Waals surface area contributed by atoms with E-state index in [4.69, 9.17) is 9.52 Å². The third kappa shape index (κ3) is 4.25. The summed E-state index contributed by atoms with van der Waals surface area (Å²) in [6.07, 6.45) is 9.11. The normalized spacial score (nSPS) is 13.0. The van der Waals surface area contributed by atoms with E-state index in [-0.39, 0.29) is 5.91 Å². The number of nitrogens with zero attached hydrogens (tertiary/aromatic N) is 4. The van der Waals surface area contributed by atoms with Crippen molar-refractivity contribution in [2.45, 2.75) is 38.8 Å². The van der Waals surface area contributed by atoms with Gasteiger partial charge in [0, 0.05) is 34.7 Å². The van der Waals surface area contributed by atoms with Gasteiger partial charge < -0.3 is 9.32 Å². The number of hydrogen-bond donors (Lipinski definition) is 0. The van der Waals surface area contributed by atoms with Crippen molar-refractivity contribution in [1.82, 2.24) is 19.7 Å². The summed E-state index contributed by atoms with van der Waals surface area (Å²) in [7, 11) is 0. The van der Waals surface area contributed by atoms with Crippen molar-refractivity contribution in [1.29, 1.82) is 0 Å². The quantitative estimate of drug-likeness (QED) is 0.365. The predicted octanol–water partition coefficient (Wildman–Crippen LogP) is 5.34. The molecule has 4 aromatic rings. The summed E-state index contributed by atoms with van der Waals surface area (Å²) in [5.41, 5.74) is 4.66. The number of aromatic nitrogens is 3. The molecule has 1 aliphatic carbocycles. The fraction of sp³-hybridized carbons (Fsp3) is 0.240. The van der Waals surface area contributed by atoms with E-state index >= 15 is 0 Å². The summed E-state index contributed by atoms with van der Waals surface area (Å²) < 4.78 is 8.48. The van der Waals surface area contributed by atoms with Gasteiger partial charge >= 0.3 is 0 Å². The SMILES string of the molecule is O=C(c1nn(-c2cccc(Br)c2)c2c1CCCC2)N(Cc1cccnc1)Cc1ccco1. The van der Waals surface area contributed by atoms with E-state index < -0.39 is 0 Å². The van der Waals surface area contributed by atoms with Crippen LogP contribution in [0.25, 0.3) is 5.69 Å². The maximum atomic E-state index is 13.8. The van der Waals surface area contributed by atoms with Gasteiger partial charge in [-0.2, -0.15) is 5.10 Å². The number of carbonyl (C=O) groups is 1. The number of pyridine rings is 1. The van der Waals surface area contributed by atoms with E-state index in [1.165, 1.54) is 0 Å². The monoisotopic (exact) mass is 490 g/mol. The molecule has 0 atom stereocenters. The number of furan rings is 1. The third-order valence-electron chi connectivity index (χ3n) is 5.75. The highest BCUT2D eigenvalue weighted by atomic mass is 79.9. The van der Waals surface area contributed by atoms with E-state index in [1.54, 1.807) is 23.6 Å². The molecule has 1 aromatic carbocycles. The van der Waals surface area contributed by atoms with Gasteiger partial charge in [-0.1, -0.05) is 28.1 Å². The molecule has 6 nitrogen and oxygen atoms in total. The number of fused-ring (bicyclic) bond motifs is 1. The molecule has 0 spiro atoms. The van der Waals surface area contributed by atoms with Crippen LogP contribution in [0.4, 0.5) is 0 Å². The Bertz CT molecular complexity index is 1220. The summed E-state index contributed by atoms with van der Waals surface area (Å²) in [4.78, 5) is 19.8. The Balaban J connectivity index is 1.54. The lowest BCUT2D eigenvalue weighted by atomic mass is 9.95. The Morgan fingerprint density at radius 2 is 2.00 bits per heavy atom. The molecule has 162 valence electrons. The first-order chi connectivity index (χ1) is 15.7. The molecule has 0 radical (unpaired) electrons. The van der Waals surface area contributed by atoms with Crippen molar-refractivity contribution in [3.63, 3.8) is 0 Å². The molecule has 0 unspecified atom stereocenters. The molecule has 0 saturated carbocycles. The van der Waals surface area contributed by atoms with Crippen molar-refractivity contribution < 1.29 is 9.21 Å². The Kier molecular flexibility index (Phi) is 5.90. The second kappa shape index (κ2) is 9.12. The minimum atomic E-state index is -0.0860. The van der Waals surface area contributed by atoms with Gasteiger partial charge in [-0.25, -0.2) is 4.68 Å². The largest absolute Gasteiger partial charge is 0.467 e. The second-order valence-corrected chi connectivity index (χ2v) is 8.89. The number of amides is 1. The van der Waals surface area contributed by atoms with Gasteiger partial charge in [-0.05, 0) is 67.6 Å². The van der Waals surface area contributed by atoms with Gasteiger partial charge in [-0.15, -0.1) is 0 Å². The Hall–Kier alpha value is -3.19. The average Bonchev–Trinajstić information content (AvgIpc) is 3.47. The fourth-order valence-corrected chi connectivity index (χ4v) is 4.63. The van der Waals surface area contributed by atoms with Gasteiger partial charge in [0.1, 0.15) is 5.76 Å². The molecule has 0 fully saturated rings. The molecule has 5 rings (SSSR count). The van der Waals surface area contributed by atoms with Crippen LogP contribution in [0.1, 0.15) is 45.9 Å². The van der Waals surface area contributed by atoms with Crippen molar-refractivity contribution >= 4 is 21.8 Å². The molecular formula is C25H23BrN4O2. The molecule has 0 bridgehead atoms. The first-order valence-electron chi connectivity index (χ1n) is 10.8. The van der Waals surface area contributed by atoms with Gasteiger partial charge in [0.2, 0.25) is 0 Å². The van der Waals surface area contributed by atoms with Crippen LogP contribution in [0.3, 0.4) is 0 Å². The van der Waals surface area contributed by atoms with Gasteiger partial charge in [0.05, 0.1) is 18.5 Å². The van der Waals surface area contributed by atoms with Crippen LogP contribution in [-0.4, -0.2) is 25.6 Å². The molecular weight excluding hydrogens is 468 g/mol. The molecule has 0 aliphatic heterocycles. The number of carbonyl (C=O) groups excluding carboxylic acids is 1. The second-order valence-electron chi connectivity index (χ2n) is 7.97. The number of benzene rings is 1. The van der Waals surface area contributed by atoms with Crippen LogP contribution in [0, 0.1) is 0 Å². The Morgan fingerprint density at radius 3 is 2.78 bits per heavy atom. The summed E-state index contributed by atoms with van der Waals surface area (Å²) in [6, 6.07) is 15.6. The van der Waals surface area contributed by atoms with E-state index in [2.05, 4.69) is 20.9 Å². The van der Waals surface area contributed by atoms with Crippen LogP contribution in [-0.2, 0) is 25.9 Å². The smallest absolute Gasteiger partial charge is 0.275 e. The minimum Gasteiger partial charge on any atom is -0.467 e. The molecule has 1 amide bonds. The minimum absolute atomic E-state index is 0.0860. The zero-order valence-corrected chi connectivity index (χ0v) is 19.2. The molecule has 32 heavy (non-hydrogen) atoms. The van der Waals surface area contributed by atoms with Gasteiger partial charge in [-0.3, -0.25) is 9.78 Å². The van der Waals surface area contributed by atoms with E-state index in [9.17, 15) is 4.79 Å². The molecule has 1 aliphatic rings. The van der Waals surface area contributed by atoms with Crippen molar-refractivity contribution in [3.8, 4) is 5.69 Å². The zero-order chi connectivity index (χ0) is 21.9. The highest BCUT2D eigenvalue weighted by Crippen LogP contribution is 2.29. The highest BCUT2D eigenvalue weighted by molar-refractivity contribution is 9.10. The average molecular weight is 491 g/mol. The lowest BCUT2D eigenvalue weighted by molar-refractivity contribution is 0.0710. The molecule has 0 N–H and O–H groups in total. The fourth-order valence-electron chi connectivity index (χ4n) is 4.24. The van der Waals surface area contributed by atoms with Gasteiger partial charge in [0.25, 0.3) is 5.91 Å². The topological polar surface area (TPSA) is 64.2 Å². The lowest BCUT2D eigenvalue weighted by Gasteiger charge is -2.22. The van der Waals surface area contributed by atoms with Crippen LogP contribution < -0.4 is 0 Å². The summed E-state index contributed by atoms with van der Waals surface area (Å²) in [6.45, 7) is 0.811. The third-order valence-corrected chi connectivity index (χ3v) is 6.24. The number of rotatable bonds is 6. The molecule has 3 aromatic heterocycles.